The first-order valence-electron chi connectivity index (χ1n) is 4.94. The summed E-state index contributed by atoms with van der Waals surface area (Å²) in [6.45, 7) is 5.47. The van der Waals surface area contributed by atoms with Gasteiger partial charge in [0.15, 0.2) is 0 Å². The maximum absolute atomic E-state index is 10.8. The quantitative estimate of drug-likeness (QED) is 0.763. The number of hydrogen-bond donors (Lipinski definition) is 1. The molecular weight excluding hydrogens is 190 g/mol. The van der Waals surface area contributed by atoms with Gasteiger partial charge in [-0.1, -0.05) is 6.08 Å². The van der Waals surface area contributed by atoms with Crippen molar-refractivity contribution in [2.75, 3.05) is 18.0 Å². The first kappa shape index (κ1) is 9.77. The van der Waals surface area contributed by atoms with Crippen molar-refractivity contribution in [3.8, 4) is 0 Å². The van der Waals surface area contributed by atoms with Gasteiger partial charge in [-0.2, -0.15) is 0 Å². The Balaban J connectivity index is 2.33. The molecule has 3 nitrogen and oxygen atoms in total. The van der Waals surface area contributed by atoms with Crippen molar-refractivity contribution in [1.29, 1.82) is 0 Å². The summed E-state index contributed by atoms with van der Waals surface area (Å²) in [5.74, 6) is -0.861. The number of rotatable bonds is 3. The predicted octanol–water partition coefficient (Wildman–Crippen LogP) is 1.93. The molecule has 0 fully saturated rings. The molecule has 0 unspecified atom stereocenters. The average Bonchev–Trinajstić information content (AvgIpc) is 2.61. The van der Waals surface area contributed by atoms with Crippen molar-refractivity contribution in [3.05, 3.63) is 42.0 Å². The molecule has 3 heteroatoms. The zero-order valence-corrected chi connectivity index (χ0v) is 8.44. The van der Waals surface area contributed by atoms with E-state index in [9.17, 15) is 4.79 Å². The van der Waals surface area contributed by atoms with Crippen LogP contribution in [0.4, 0.5) is 5.69 Å². The minimum atomic E-state index is -0.861. The molecule has 0 aliphatic carbocycles. The Morgan fingerprint density at radius 3 is 3.07 bits per heavy atom. The summed E-state index contributed by atoms with van der Waals surface area (Å²) >= 11 is 0. The van der Waals surface area contributed by atoms with Crippen LogP contribution in [0.5, 0.6) is 0 Å². The van der Waals surface area contributed by atoms with Gasteiger partial charge in [-0.15, -0.1) is 6.58 Å². The lowest BCUT2D eigenvalue weighted by Crippen LogP contribution is -2.19. The molecule has 0 saturated heterocycles. The Morgan fingerprint density at radius 2 is 2.40 bits per heavy atom. The fourth-order valence-corrected chi connectivity index (χ4v) is 1.95. The topological polar surface area (TPSA) is 40.5 Å². The van der Waals surface area contributed by atoms with Crippen LogP contribution in [0.25, 0.3) is 0 Å². The number of carbonyl (C=O) groups is 1. The van der Waals surface area contributed by atoms with Crippen molar-refractivity contribution in [1.82, 2.24) is 0 Å². The summed E-state index contributed by atoms with van der Waals surface area (Å²) in [4.78, 5) is 13.0. The van der Waals surface area contributed by atoms with Crippen molar-refractivity contribution in [2.45, 2.75) is 6.42 Å². The van der Waals surface area contributed by atoms with Crippen LogP contribution in [0.2, 0.25) is 0 Å². The smallest absolute Gasteiger partial charge is 0.335 e. The molecule has 78 valence electrons. The summed E-state index contributed by atoms with van der Waals surface area (Å²) in [5.41, 5.74) is 2.63. The highest BCUT2D eigenvalue weighted by molar-refractivity contribution is 5.88. The van der Waals surface area contributed by atoms with Gasteiger partial charge in [0, 0.05) is 18.8 Å². The molecule has 1 aromatic carbocycles. The molecule has 0 radical (unpaired) electrons. The van der Waals surface area contributed by atoms with E-state index in [0.29, 0.717) is 5.56 Å². The van der Waals surface area contributed by atoms with Crippen LogP contribution in [-0.4, -0.2) is 24.2 Å². The Morgan fingerprint density at radius 1 is 1.60 bits per heavy atom. The first-order chi connectivity index (χ1) is 7.22. The second-order valence-electron chi connectivity index (χ2n) is 3.63. The Bertz CT molecular complexity index is 412. The van der Waals surface area contributed by atoms with Gasteiger partial charge in [0.25, 0.3) is 0 Å². The zero-order chi connectivity index (χ0) is 10.8. The molecular formula is C12H13NO2. The lowest BCUT2D eigenvalue weighted by molar-refractivity contribution is 0.0697. The highest BCUT2D eigenvalue weighted by atomic mass is 16.4. The molecule has 15 heavy (non-hydrogen) atoms. The first-order valence-corrected chi connectivity index (χ1v) is 4.94. The Labute approximate surface area is 88.6 Å². The molecule has 1 aromatic rings. The third-order valence-electron chi connectivity index (χ3n) is 2.67. The van der Waals surface area contributed by atoms with Crippen LogP contribution in [0, 0.1) is 0 Å². The second kappa shape index (κ2) is 3.77. The summed E-state index contributed by atoms with van der Waals surface area (Å²) in [6.07, 6.45) is 2.78. The number of anilines is 1. The van der Waals surface area contributed by atoms with Crippen LogP contribution < -0.4 is 4.90 Å². The zero-order valence-electron chi connectivity index (χ0n) is 8.44. The lowest BCUT2D eigenvalue weighted by atomic mass is 10.1. The molecule has 0 aromatic heterocycles. The summed E-state index contributed by atoms with van der Waals surface area (Å²) in [5, 5.41) is 8.86. The summed E-state index contributed by atoms with van der Waals surface area (Å²) < 4.78 is 0. The van der Waals surface area contributed by atoms with E-state index in [2.05, 4.69) is 11.5 Å². The summed E-state index contributed by atoms with van der Waals surface area (Å²) in [7, 11) is 0. The average molecular weight is 203 g/mol. The van der Waals surface area contributed by atoms with Crippen LogP contribution in [0.15, 0.2) is 30.9 Å². The maximum Gasteiger partial charge on any atom is 0.335 e. The van der Waals surface area contributed by atoms with E-state index in [-0.39, 0.29) is 0 Å². The highest BCUT2D eigenvalue weighted by Gasteiger charge is 2.18. The Hall–Kier alpha value is -1.77. The summed E-state index contributed by atoms with van der Waals surface area (Å²) in [6, 6.07) is 5.30. The van der Waals surface area contributed by atoms with E-state index >= 15 is 0 Å². The van der Waals surface area contributed by atoms with Crippen LogP contribution in [-0.2, 0) is 6.42 Å². The fourth-order valence-electron chi connectivity index (χ4n) is 1.95. The predicted molar refractivity (Wildman–Crippen MR) is 59.5 cm³/mol. The number of nitrogens with zero attached hydrogens (tertiary/aromatic N) is 1. The standard InChI is InChI=1S/C12H13NO2/c1-2-6-13-7-5-9-8-10(12(14)15)3-4-11(9)13/h2-4,8H,1,5-7H2,(H,14,15). The van der Waals surface area contributed by atoms with E-state index in [0.717, 1.165) is 30.8 Å². The number of fused-ring (bicyclic) bond motifs is 1. The SMILES string of the molecule is C=CCN1CCc2cc(C(=O)O)ccc21. The fraction of sp³-hybridized carbons (Fsp3) is 0.250. The van der Waals surface area contributed by atoms with Gasteiger partial charge >= 0.3 is 5.97 Å². The van der Waals surface area contributed by atoms with Gasteiger partial charge in [0.05, 0.1) is 5.56 Å². The van der Waals surface area contributed by atoms with Gasteiger partial charge < -0.3 is 10.0 Å². The van der Waals surface area contributed by atoms with Crippen molar-refractivity contribution < 1.29 is 9.90 Å². The number of carboxylic acid groups (broad SMARTS) is 1. The van der Waals surface area contributed by atoms with Crippen LogP contribution in [0.1, 0.15) is 15.9 Å². The minimum Gasteiger partial charge on any atom is -0.478 e. The van der Waals surface area contributed by atoms with Crippen LogP contribution in [0.3, 0.4) is 0 Å². The number of benzene rings is 1. The van der Waals surface area contributed by atoms with E-state index in [1.54, 1.807) is 12.1 Å². The lowest BCUT2D eigenvalue weighted by Gasteiger charge is -2.16. The molecule has 1 aliphatic heterocycles. The second-order valence-corrected chi connectivity index (χ2v) is 3.63. The molecule has 1 heterocycles. The van der Waals surface area contributed by atoms with Crippen molar-refractivity contribution in [3.63, 3.8) is 0 Å². The molecule has 1 aliphatic rings. The number of hydrogen-bond acceptors (Lipinski definition) is 2. The molecule has 0 spiro atoms. The monoisotopic (exact) mass is 203 g/mol. The molecule has 0 amide bonds. The number of carboxylic acids is 1. The van der Waals surface area contributed by atoms with E-state index in [1.807, 2.05) is 12.1 Å². The van der Waals surface area contributed by atoms with Gasteiger partial charge in [0.2, 0.25) is 0 Å². The molecule has 0 saturated carbocycles. The molecule has 1 N–H and O–H groups in total. The van der Waals surface area contributed by atoms with Gasteiger partial charge in [0.1, 0.15) is 0 Å². The van der Waals surface area contributed by atoms with Gasteiger partial charge in [-0.05, 0) is 30.2 Å². The Kier molecular flexibility index (Phi) is 2.46. The van der Waals surface area contributed by atoms with E-state index in [4.69, 9.17) is 5.11 Å². The maximum atomic E-state index is 10.8. The van der Waals surface area contributed by atoms with E-state index in [1.165, 1.54) is 0 Å². The van der Waals surface area contributed by atoms with Gasteiger partial charge in [-0.25, -0.2) is 4.79 Å². The van der Waals surface area contributed by atoms with E-state index < -0.39 is 5.97 Å². The third kappa shape index (κ3) is 1.73. The third-order valence-corrected chi connectivity index (χ3v) is 2.67. The number of aromatic carboxylic acids is 1. The van der Waals surface area contributed by atoms with Gasteiger partial charge in [-0.3, -0.25) is 0 Å². The van der Waals surface area contributed by atoms with Crippen LogP contribution >= 0.6 is 0 Å². The largest absolute Gasteiger partial charge is 0.478 e. The minimum absolute atomic E-state index is 0.370. The molecule has 0 bridgehead atoms. The van der Waals surface area contributed by atoms with Crippen molar-refractivity contribution in [2.24, 2.45) is 0 Å². The van der Waals surface area contributed by atoms with Crippen molar-refractivity contribution >= 4 is 11.7 Å². The molecule has 0 atom stereocenters. The molecule has 2 rings (SSSR count). The normalized spacial score (nSPS) is 13.7. The highest BCUT2D eigenvalue weighted by Crippen LogP contribution is 2.28.